The summed E-state index contributed by atoms with van der Waals surface area (Å²) in [5, 5.41) is 0. The Bertz CT molecular complexity index is 613. The average Bonchev–Trinajstić information content (AvgIpc) is 2.58. The van der Waals surface area contributed by atoms with Crippen molar-refractivity contribution in [3.8, 4) is 0 Å². The highest BCUT2D eigenvalue weighted by Gasteiger charge is 2.24. The summed E-state index contributed by atoms with van der Waals surface area (Å²) in [6, 6.07) is 8.23. The van der Waals surface area contributed by atoms with Crippen molar-refractivity contribution in [1.29, 1.82) is 0 Å². The van der Waals surface area contributed by atoms with Crippen molar-refractivity contribution in [2.24, 2.45) is 0 Å². The highest BCUT2D eigenvalue weighted by molar-refractivity contribution is 6.03. The highest BCUT2D eigenvalue weighted by Crippen LogP contribution is 2.04. The zero-order chi connectivity index (χ0) is 17.9. The van der Waals surface area contributed by atoms with Crippen LogP contribution in [0.2, 0.25) is 0 Å². The van der Waals surface area contributed by atoms with Gasteiger partial charge in [0.15, 0.2) is 0 Å². The number of hydrogen-bond donors (Lipinski definition) is 0. The van der Waals surface area contributed by atoms with Crippen LogP contribution in [0.3, 0.4) is 0 Å². The number of urea groups is 1. The Morgan fingerprint density at radius 3 is 2.46 bits per heavy atom. The molecule has 0 bridgehead atoms. The first-order valence-corrected chi connectivity index (χ1v) is 7.30. The molecular formula is C17H19N2O5. The van der Waals surface area contributed by atoms with Crippen LogP contribution in [0.15, 0.2) is 36.4 Å². The summed E-state index contributed by atoms with van der Waals surface area (Å²) in [6.45, 7) is 0.985. The van der Waals surface area contributed by atoms with Crippen LogP contribution in [0.1, 0.15) is 12.5 Å². The molecule has 0 heterocycles. The number of nitrogens with zero attached hydrogens (tertiary/aromatic N) is 2. The average molecular weight is 331 g/mol. The molecule has 0 saturated heterocycles. The van der Waals surface area contributed by atoms with Crippen LogP contribution in [0.4, 0.5) is 4.79 Å². The topological polar surface area (TPSA) is 84.0 Å². The first kappa shape index (κ1) is 19.1. The second-order valence-corrected chi connectivity index (χ2v) is 4.76. The summed E-state index contributed by atoms with van der Waals surface area (Å²) in [4.78, 5) is 48.1. The molecule has 0 aliphatic carbocycles. The molecule has 1 aromatic carbocycles. The van der Waals surface area contributed by atoms with E-state index in [1.165, 1.54) is 25.5 Å². The molecule has 1 aromatic rings. The molecule has 1 rings (SSSR count). The van der Waals surface area contributed by atoms with Gasteiger partial charge in [-0.05, 0) is 18.6 Å². The molecular weight excluding hydrogens is 312 g/mol. The molecule has 7 nitrogen and oxygen atoms in total. The fourth-order valence-corrected chi connectivity index (χ4v) is 1.80. The summed E-state index contributed by atoms with van der Waals surface area (Å²) in [5.41, 5.74) is 0.771. The molecule has 0 fully saturated rings. The van der Waals surface area contributed by atoms with E-state index >= 15 is 0 Å². The van der Waals surface area contributed by atoms with Gasteiger partial charge in [0.25, 0.3) is 5.91 Å². The number of amides is 3. The van der Waals surface area contributed by atoms with Gasteiger partial charge in [-0.25, -0.2) is 4.79 Å². The van der Waals surface area contributed by atoms with Gasteiger partial charge in [-0.15, -0.1) is 0 Å². The lowest BCUT2D eigenvalue weighted by molar-refractivity contribution is -0.143. The fourth-order valence-electron chi connectivity index (χ4n) is 1.80. The number of rotatable bonds is 7. The molecule has 0 aliphatic rings. The molecule has 0 aromatic heterocycles. The first-order chi connectivity index (χ1) is 11.5. The van der Waals surface area contributed by atoms with E-state index in [9.17, 15) is 19.2 Å². The predicted molar refractivity (Wildman–Crippen MR) is 87.5 cm³/mol. The third kappa shape index (κ3) is 6.04. The highest BCUT2D eigenvalue weighted by atomic mass is 16.5. The Morgan fingerprint density at radius 1 is 1.21 bits per heavy atom. The van der Waals surface area contributed by atoms with Crippen LogP contribution in [0.5, 0.6) is 0 Å². The van der Waals surface area contributed by atoms with Crippen LogP contribution in [0.25, 0.3) is 6.08 Å². The Labute approximate surface area is 140 Å². The third-order valence-corrected chi connectivity index (χ3v) is 2.94. The van der Waals surface area contributed by atoms with Crippen LogP contribution in [0, 0.1) is 0 Å². The zero-order valence-corrected chi connectivity index (χ0v) is 13.6. The van der Waals surface area contributed by atoms with Crippen molar-refractivity contribution in [3.05, 3.63) is 42.0 Å². The number of carbonyl (C=O) groups is 3. The smallest absolute Gasteiger partial charge is 0.327 e. The number of imide groups is 1. The summed E-state index contributed by atoms with van der Waals surface area (Å²) in [7, 11) is 1.34. The molecule has 1 radical (unpaired) electrons. The minimum Gasteiger partial charge on any atom is -0.465 e. The summed E-state index contributed by atoms with van der Waals surface area (Å²) in [6.07, 6.45) is 4.23. The second kappa shape index (κ2) is 9.94. The largest absolute Gasteiger partial charge is 0.465 e. The predicted octanol–water partition coefficient (Wildman–Crippen LogP) is 1.25. The van der Waals surface area contributed by atoms with Crippen molar-refractivity contribution in [1.82, 2.24) is 9.80 Å². The van der Waals surface area contributed by atoms with Gasteiger partial charge >= 0.3 is 12.0 Å². The van der Waals surface area contributed by atoms with E-state index in [1.807, 2.05) is 6.07 Å². The van der Waals surface area contributed by atoms with Crippen molar-refractivity contribution >= 4 is 30.3 Å². The fraction of sp³-hybridized carbons (Fsp3) is 0.294. The minimum atomic E-state index is -0.783. The molecule has 3 amide bonds. The van der Waals surface area contributed by atoms with Gasteiger partial charge in [0.2, 0.25) is 6.29 Å². The summed E-state index contributed by atoms with van der Waals surface area (Å²) < 4.78 is 4.74. The van der Waals surface area contributed by atoms with Crippen LogP contribution in [-0.2, 0) is 19.1 Å². The Kier molecular flexibility index (Phi) is 7.90. The Morgan fingerprint density at radius 2 is 1.88 bits per heavy atom. The molecule has 24 heavy (non-hydrogen) atoms. The Balaban J connectivity index is 2.78. The van der Waals surface area contributed by atoms with Crippen LogP contribution < -0.4 is 0 Å². The van der Waals surface area contributed by atoms with Gasteiger partial charge in [0.05, 0.1) is 13.2 Å². The number of esters is 1. The molecule has 0 saturated carbocycles. The first-order valence-electron chi connectivity index (χ1n) is 7.30. The number of ether oxygens (including phenoxy) is 1. The molecule has 127 valence electrons. The second-order valence-electron chi connectivity index (χ2n) is 4.76. The molecule has 0 unspecified atom stereocenters. The maximum absolute atomic E-state index is 12.2. The number of carbonyl (C=O) groups excluding carboxylic acids is 4. The van der Waals surface area contributed by atoms with Gasteiger partial charge in [0, 0.05) is 13.1 Å². The van der Waals surface area contributed by atoms with E-state index in [-0.39, 0.29) is 13.2 Å². The van der Waals surface area contributed by atoms with E-state index in [0.29, 0.717) is 4.90 Å². The van der Waals surface area contributed by atoms with Gasteiger partial charge in [-0.1, -0.05) is 30.3 Å². The molecule has 0 spiro atoms. The monoisotopic (exact) mass is 331 g/mol. The van der Waals surface area contributed by atoms with Gasteiger partial charge < -0.3 is 9.64 Å². The molecule has 0 atom stereocenters. The van der Waals surface area contributed by atoms with E-state index in [2.05, 4.69) is 0 Å². The summed E-state index contributed by atoms with van der Waals surface area (Å²) in [5.74, 6) is -1.28. The third-order valence-electron chi connectivity index (χ3n) is 2.94. The number of hydrogen-bond acceptors (Lipinski definition) is 5. The van der Waals surface area contributed by atoms with Crippen LogP contribution >= 0.6 is 0 Å². The lowest BCUT2D eigenvalue weighted by atomic mass is 10.2. The van der Waals surface area contributed by atoms with Crippen molar-refractivity contribution < 1.29 is 23.9 Å². The molecule has 0 aliphatic heterocycles. The minimum absolute atomic E-state index is 0.186. The number of likely N-dealkylation sites (N-methyl/N-ethyl adjacent to an activating group) is 1. The lowest BCUT2D eigenvalue weighted by Gasteiger charge is -2.23. The van der Waals surface area contributed by atoms with Crippen molar-refractivity contribution in [3.63, 3.8) is 0 Å². The van der Waals surface area contributed by atoms with E-state index in [0.717, 1.165) is 10.5 Å². The van der Waals surface area contributed by atoms with Crippen molar-refractivity contribution in [2.75, 3.05) is 26.7 Å². The van der Waals surface area contributed by atoms with Crippen molar-refractivity contribution in [2.45, 2.75) is 6.92 Å². The standard InChI is InChI=1S/C17H19N2O5/c1-3-24-16(22)13-18(2)17(23)19(11-12-20)15(21)10-9-14-7-5-4-6-8-14/h4-10H,3,11,13H2,1-2H3/b10-9+. The molecule has 7 heteroatoms. The summed E-state index contributed by atoms with van der Waals surface area (Å²) >= 11 is 0. The zero-order valence-electron chi connectivity index (χ0n) is 13.6. The van der Waals surface area contributed by atoms with E-state index < -0.39 is 24.5 Å². The van der Waals surface area contributed by atoms with E-state index in [1.54, 1.807) is 31.2 Å². The maximum Gasteiger partial charge on any atom is 0.327 e. The quantitative estimate of drug-likeness (QED) is 0.555. The lowest BCUT2D eigenvalue weighted by Crippen LogP contribution is -2.46. The van der Waals surface area contributed by atoms with Crippen LogP contribution in [-0.4, -0.2) is 60.7 Å². The normalized spacial score (nSPS) is 10.2. The molecule has 0 N–H and O–H groups in total. The van der Waals surface area contributed by atoms with Gasteiger partial charge in [-0.3, -0.25) is 19.3 Å². The Hall–Kier alpha value is -2.96. The van der Waals surface area contributed by atoms with Gasteiger partial charge in [0.1, 0.15) is 6.54 Å². The van der Waals surface area contributed by atoms with Gasteiger partial charge in [-0.2, -0.15) is 0 Å². The van der Waals surface area contributed by atoms with E-state index in [4.69, 9.17) is 4.74 Å². The SMILES string of the molecule is CCOC(=O)CN(C)C(=O)N(C[C]=O)C(=O)/C=C/c1ccccc1. The number of benzene rings is 1. The maximum atomic E-state index is 12.2.